The maximum absolute atomic E-state index is 13.1. The summed E-state index contributed by atoms with van der Waals surface area (Å²) < 4.78 is 5.71. The first-order valence-corrected chi connectivity index (χ1v) is 12.9. The van der Waals surface area contributed by atoms with Crippen molar-refractivity contribution in [2.45, 2.75) is 45.1 Å². The number of rotatable bonds is 5. The summed E-state index contributed by atoms with van der Waals surface area (Å²) in [7, 11) is 0. The van der Waals surface area contributed by atoms with Gasteiger partial charge in [0, 0.05) is 17.8 Å². The Kier molecular flexibility index (Phi) is 5.53. The molecule has 0 saturated carbocycles. The number of thiophene rings is 1. The van der Waals surface area contributed by atoms with E-state index in [-0.39, 0.29) is 18.2 Å². The number of imidazole rings is 1. The third-order valence-electron chi connectivity index (χ3n) is 6.69. The summed E-state index contributed by atoms with van der Waals surface area (Å²) in [6, 6.07) is 15.4. The van der Waals surface area contributed by atoms with Crippen molar-refractivity contribution in [3.05, 3.63) is 59.0 Å². The van der Waals surface area contributed by atoms with Gasteiger partial charge < -0.3 is 19.9 Å². The first kappa shape index (κ1) is 21.9. The van der Waals surface area contributed by atoms with Crippen molar-refractivity contribution in [1.82, 2.24) is 9.97 Å². The van der Waals surface area contributed by atoms with Crippen LogP contribution in [0, 0.1) is 0 Å². The Balaban J connectivity index is 1.26. The molecule has 2 amide bonds. The molecule has 1 unspecified atom stereocenters. The van der Waals surface area contributed by atoms with Gasteiger partial charge in [-0.3, -0.25) is 9.59 Å². The highest BCUT2D eigenvalue weighted by molar-refractivity contribution is 7.17. The molecule has 0 fully saturated rings. The highest BCUT2D eigenvalue weighted by Crippen LogP contribution is 2.44. The van der Waals surface area contributed by atoms with Gasteiger partial charge in [-0.25, -0.2) is 4.98 Å². The number of H-pyrrole nitrogens is 1. The molecule has 0 spiro atoms. The fraction of sp³-hybridized carbons (Fsp3) is 0.296. The Hall–Kier alpha value is -3.65. The molecule has 0 radical (unpaired) electrons. The van der Waals surface area contributed by atoms with Crippen molar-refractivity contribution >= 4 is 44.9 Å². The van der Waals surface area contributed by atoms with E-state index in [1.165, 1.54) is 10.4 Å². The number of aryl methyl sites for hydroxylation is 1. The van der Waals surface area contributed by atoms with E-state index in [2.05, 4.69) is 10.3 Å². The lowest BCUT2D eigenvalue weighted by molar-refractivity contribution is -0.125. The fourth-order valence-corrected chi connectivity index (χ4v) is 6.27. The van der Waals surface area contributed by atoms with E-state index in [0.29, 0.717) is 18.0 Å². The van der Waals surface area contributed by atoms with Crippen molar-refractivity contribution in [2.75, 3.05) is 16.8 Å². The first-order valence-electron chi connectivity index (χ1n) is 12.0. The zero-order chi connectivity index (χ0) is 23.9. The van der Waals surface area contributed by atoms with Crippen molar-refractivity contribution in [1.29, 1.82) is 0 Å². The molecule has 0 bridgehead atoms. The number of aromatic nitrogens is 2. The average Bonchev–Trinajstić information content (AvgIpc) is 3.44. The van der Waals surface area contributed by atoms with E-state index in [9.17, 15) is 9.59 Å². The summed E-state index contributed by atoms with van der Waals surface area (Å²) in [6.07, 6.45) is 3.94. The number of hydrogen-bond acceptors (Lipinski definition) is 5. The molecule has 4 aromatic rings. The molecule has 2 aromatic carbocycles. The number of benzene rings is 2. The molecule has 3 heterocycles. The normalized spacial score (nSPS) is 17.1. The third kappa shape index (κ3) is 3.97. The predicted octanol–water partition coefficient (Wildman–Crippen LogP) is 5.31. The fourth-order valence-electron chi connectivity index (χ4n) is 4.97. The molecule has 1 aliphatic heterocycles. The third-order valence-corrected chi connectivity index (χ3v) is 7.89. The Bertz CT molecular complexity index is 1410. The second kappa shape index (κ2) is 8.85. The summed E-state index contributed by atoms with van der Waals surface area (Å²) >= 11 is 1.65. The number of anilines is 2. The van der Waals surface area contributed by atoms with Crippen LogP contribution >= 0.6 is 11.3 Å². The van der Waals surface area contributed by atoms with Crippen molar-refractivity contribution in [3.63, 3.8) is 0 Å². The molecule has 7 nitrogen and oxygen atoms in total. The van der Waals surface area contributed by atoms with Crippen LogP contribution in [-0.2, 0) is 22.4 Å². The van der Waals surface area contributed by atoms with Crippen molar-refractivity contribution in [2.24, 2.45) is 0 Å². The first-order chi connectivity index (χ1) is 17.1. The Morgan fingerprint density at radius 2 is 1.97 bits per heavy atom. The zero-order valence-corrected chi connectivity index (χ0v) is 20.3. The molecule has 2 aromatic heterocycles. The van der Waals surface area contributed by atoms with Gasteiger partial charge in [0.05, 0.1) is 22.3 Å². The number of amides is 2. The molecule has 35 heavy (non-hydrogen) atoms. The van der Waals surface area contributed by atoms with Gasteiger partial charge in [-0.2, -0.15) is 0 Å². The maximum atomic E-state index is 13.1. The maximum Gasteiger partial charge on any atom is 0.267 e. The van der Waals surface area contributed by atoms with Gasteiger partial charge in [-0.15, -0.1) is 11.3 Å². The molecule has 8 heteroatoms. The SMILES string of the molecule is CC1Oc2ccccc2N(CCC(=O)Nc2sc3c(c2-c2nc4ccccc4[nH]2)CCCC3)C1=O. The number of nitrogens with one attached hydrogen (secondary N) is 2. The molecule has 1 atom stereocenters. The van der Waals surface area contributed by atoms with Crippen LogP contribution in [0.3, 0.4) is 0 Å². The number of ether oxygens (including phenoxy) is 1. The summed E-state index contributed by atoms with van der Waals surface area (Å²) in [5.41, 5.74) is 4.90. The Labute approximate surface area is 207 Å². The van der Waals surface area contributed by atoms with Crippen LogP contribution in [0.5, 0.6) is 5.75 Å². The van der Waals surface area contributed by atoms with Gasteiger partial charge >= 0.3 is 0 Å². The van der Waals surface area contributed by atoms with Crippen LogP contribution in [0.25, 0.3) is 22.4 Å². The van der Waals surface area contributed by atoms with Crippen LogP contribution in [0.4, 0.5) is 10.7 Å². The van der Waals surface area contributed by atoms with Crippen molar-refractivity contribution in [3.8, 4) is 17.1 Å². The van der Waals surface area contributed by atoms with E-state index in [0.717, 1.165) is 53.1 Å². The lowest BCUT2D eigenvalue weighted by atomic mass is 9.95. The standard InChI is InChI=1S/C27H26N4O3S/c1-16-27(33)31(20-11-5-6-12-21(20)34-16)15-14-23(32)30-26-24(17-8-2-7-13-22(17)35-26)25-28-18-9-3-4-10-19(18)29-25/h3-6,9-12,16H,2,7-8,13-15H2,1H3,(H,28,29)(H,30,32). The van der Waals surface area contributed by atoms with E-state index >= 15 is 0 Å². The Morgan fingerprint density at radius 1 is 1.17 bits per heavy atom. The summed E-state index contributed by atoms with van der Waals surface area (Å²) in [4.78, 5) is 37.1. The zero-order valence-electron chi connectivity index (χ0n) is 19.5. The molecule has 2 aliphatic rings. The topological polar surface area (TPSA) is 87.3 Å². The number of aromatic amines is 1. The van der Waals surface area contributed by atoms with Gasteiger partial charge in [-0.05, 0) is 62.4 Å². The quantitative estimate of drug-likeness (QED) is 0.400. The molecular formula is C27H26N4O3S. The minimum Gasteiger partial charge on any atom is -0.479 e. The summed E-state index contributed by atoms with van der Waals surface area (Å²) in [6.45, 7) is 2.03. The van der Waals surface area contributed by atoms with Crippen molar-refractivity contribution < 1.29 is 14.3 Å². The van der Waals surface area contributed by atoms with E-state index in [4.69, 9.17) is 9.72 Å². The van der Waals surface area contributed by atoms with Crippen LogP contribution in [0.2, 0.25) is 0 Å². The van der Waals surface area contributed by atoms with E-state index in [1.54, 1.807) is 23.2 Å². The Morgan fingerprint density at radius 3 is 2.86 bits per heavy atom. The van der Waals surface area contributed by atoms with E-state index < -0.39 is 6.10 Å². The van der Waals surface area contributed by atoms with Crippen LogP contribution < -0.4 is 15.0 Å². The van der Waals surface area contributed by atoms with Crippen LogP contribution in [-0.4, -0.2) is 34.4 Å². The number of nitrogens with zero attached hydrogens (tertiary/aromatic N) is 2. The molecule has 1 aliphatic carbocycles. The molecule has 0 saturated heterocycles. The van der Waals surface area contributed by atoms with Crippen LogP contribution in [0.1, 0.15) is 36.6 Å². The monoisotopic (exact) mass is 486 g/mol. The van der Waals surface area contributed by atoms with Gasteiger partial charge in [-0.1, -0.05) is 24.3 Å². The number of para-hydroxylation sites is 4. The van der Waals surface area contributed by atoms with Crippen LogP contribution in [0.15, 0.2) is 48.5 Å². The molecule has 6 rings (SSSR count). The summed E-state index contributed by atoms with van der Waals surface area (Å²) in [5, 5.41) is 3.99. The highest BCUT2D eigenvalue weighted by Gasteiger charge is 2.31. The number of carbonyl (C=O) groups excluding carboxylic acids is 2. The van der Waals surface area contributed by atoms with E-state index in [1.807, 2.05) is 48.5 Å². The van der Waals surface area contributed by atoms with Gasteiger partial charge in [0.1, 0.15) is 16.6 Å². The molecule has 2 N–H and O–H groups in total. The minimum atomic E-state index is -0.573. The lowest BCUT2D eigenvalue weighted by Gasteiger charge is -2.32. The average molecular weight is 487 g/mol. The number of fused-ring (bicyclic) bond motifs is 3. The van der Waals surface area contributed by atoms with Gasteiger partial charge in [0.15, 0.2) is 6.10 Å². The second-order valence-electron chi connectivity index (χ2n) is 9.03. The predicted molar refractivity (Wildman–Crippen MR) is 138 cm³/mol. The molecular weight excluding hydrogens is 460 g/mol. The highest BCUT2D eigenvalue weighted by atomic mass is 32.1. The minimum absolute atomic E-state index is 0.120. The largest absolute Gasteiger partial charge is 0.479 e. The van der Waals surface area contributed by atoms with Gasteiger partial charge in [0.25, 0.3) is 5.91 Å². The summed E-state index contributed by atoms with van der Waals surface area (Å²) in [5.74, 6) is 1.21. The number of hydrogen-bond donors (Lipinski definition) is 2. The number of carbonyl (C=O) groups is 2. The lowest BCUT2D eigenvalue weighted by Crippen LogP contribution is -2.45. The van der Waals surface area contributed by atoms with Gasteiger partial charge in [0.2, 0.25) is 5.91 Å². The smallest absolute Gasteiger partial charge is 0.267 e. The second-order valence-corrected chi connectivity index (χ2v) is 10.1. The molecule has 178 valence electrons.